The van der Waals surface area contributed by atoms with Gasteiger partial charge in [0, 0.05) is 17.6 Å². The average molecular weight is 283 g/mol. The van der Waals surface area contributed by atoms with Crippen LogP contribution in [0.15, 0.2) is 36.4 Å². The van der Waals surface area contributed by atoms with Crippen LogP contribution in [0, 0.1) is 11.8 Å². The van der Waals surface area contributed by atoms with E-state index in [9.17, 15) is 0 Å². The van der Waals surface area contributed by atoms with E-state index in [1.54, 1.807) is 7.11 Å². The fourth-order valence-corrected chi connectivity index (χ4v) is 5.26. The SMILES string of the molecule is COc1ccc(N2C[C@@]34C=C[C@@H](O3)C3CCCC2C34)cc1. The third-order valence-corrected chi connectivity index (χ3v) is 6.04. The Bertz CT molecular complexity index is 596. The van der Waals surface area contributed by atoms with Crippen LogP contribution >= 0.6 is 0 Å². The van der Waals surface area contributed by atoms with Crippen LogP contribution in [-0.2, 0) is 4.74 Å². The summed E-state index contributed by atoms with van der Waals surface area (Å²) in [4.78, 5) is 2.59. The van der Waals surface area contributed by atoms with Crippen LogP contribution in [0.4, 0.5) is 5.69 Å². The van der Waals surface area contributed by atoms with Crippen LogP contribution in [0.2, 0.25) is 0 Å². The summed E-state index contributed by atoms with van der Waals surface area (Å²) in [6, 6.07) is 9.16. The second kappa shape index (κ2) is 4.04. The van der Waals surface area contributed by atoms with E-state index in [4.69, 9.17) is 9.47 Å². The number of fused-ring (bicyclic) bond motifs is 2. The lowest BCUT2D eigenvalue weighted by Crippen LogP contribution is -2.41. The molecule has 1 aliphatic carbocycles. The highest BCUT2D eigenvalue weighted by molar-refractivity contribution is 5.54. The maximum absolute atomic E-state index is 6.42. The number of rotatable bonds is 2. The zero-order valence-electron chi connectivity index (χ0n) is 12.4. The minimum atomic E-state index is 0.000345. The summed E-state index contributed by atoms with van der Waals surface area (Å²) in [5, 5.41) is 0. The van der Waals surface area contributed by atoms with Crippen LogP contribution < -0.4 is 9.64 Å². The van der Waals surface area contributed by atoms with E-state index in [-0.39, 0.29) is 5.60 Å². The van der Waals surface area contributed by atoms with Gasteiger partial charge in [-0.15, -0.1) is 0 Å². The molecule has 0 N–H and O–H groups in total. The highest BCUT2D eigenvalue weighted by Gasteiger charge is 2.65. The van der Waals surface area contributed by atoms with E-state index < -0.39 is 0 Å². The number of benzene rings is 1. The van der Waals surface area contributed by atoms with E-state index in [0.29, 0.717) is 18.1 Å². The van der Waals surface area contributed by atoms with Gasteiger partial charge < -0.3 is 14.4 Å². The summed E-state index contributed by atoms with van der Waals surface area (Å²) < 4.78 is 11.7. The first-order valence-electron chi connectivity index (χ1n) is 8.09. The van der Waals surface area contributed by atoms with Gasteiger partial charge in [-0.1, -0.05) is 18.6 Å². The van der Waals surface area contributed by atoms with Crippen LogP contribution in [0.1, 0.15) is 19.3 Å². The van der Waals surface area contributed by atoms with E-state index >= 15 is 0 Å². The van der Waals surface area contributed by atoms with Crippen LogP contribution in [0.25, 0.3) is 0 Å². The molecule has 3 unspecified atom stereocenters. The fraction of sp³-hybridized carbons (Fsp3) is 0.556. The molecule has 110 valence electrons. The number of ether oxygens (including phenoxy) is 2. The molecule has 5 rings (SSSR count). The van der Waals surface area contributed by atoms with Crippen molar-refractivity contribution >= 4 is 5.69 Å². The molecule has 0 aromatic heterocycles. The minimum Gasteiger partial charge on any atom is -0.497 e. The Labute approximate surface area is 125 Å². The summed E-state index contributed by atoms with van der Waals surface area (Å²) in [6.07, 6.45) is 9.06. The molecule has 2 saturated heterocycles. The summed E-state index contributed by atoms with van der Waals surface area (Å²) in [5.74, 6) is 2.37. The lowest BCUT2D eigenvalue weighted by atomic mass is 9.68. The molecule has 3 fully saturated rings. The Hall–Kier alpha value is -1.48. The summed E-state index contributed by atoms with van der Waals surface area (Å²) in [7, 11) is 1.72. The van der Waals surface area contributed by atoms with Crippen molar-refractivity contribution in [3.05, 3.63) is 36.4 Å². The van der Waals surface area contributed by atoms with Crippen molar-refractivity contribution in [2.45, 2.75) is 37.0 Å². The van der Waals surface area contributed by atoms with Crippen molar-refractivity contribution in [3.63, 3.8) is 0 Å². The molecule has 1 saturated carbocycles. The third kappa shape index (κ3) is 1.48. The first kappa shape index (κ1) is 12.1. The van der Waals surface area contributed by atoms with Crippen LogP contribution in [0.5, 0.6) is 5.75 Å². The van der Waals surface area contributed by atoms with Gasteiger partial charge in [0.15, 0.2) is 0 Å². The first-order chi connectivity index (χ1) is 10.3. The molecule has 3 heterocycles. The minimum absolute atomic E-state index is 0.000345. The molecule has 3 nitrogen and oxygen atoms in total. The summed E-state index contributed by atoms with van der Waals surface area (Å²) in [6.45, 7) is 1.01. The number of anilines is 1. The molecule has 0 radical (unpaired) electrons. The van der Waals surface area contributed by atoms with Crippen molar-refractivity contribution in [3.8, 4) is 5.75 Å². The molecule has 5 atom stereocenters. The fourth-order valence-electron chi connectivity index (χ4n) is 5.26. The number of hydrogen-bond acceptors (Lipinski definition) is 3. The Kier molecular flexibility index (Phi) is 2.33. The quantitative estimate of drug-likeness (QED) is 0.779. The molecule has 3 heteroatoms. The van der Waals surface area contributed by atoms with Gasteiger partial charge >= 0.3 is 0 Å². The predicted octanol–water partition coefficient (Wildman–Crippen LogP) is 3.01. The number of nitrogens with zero attached hydrogens (tertiary/aromatic N) is 1. The topological polar surface area (TPSA) is 21.7 Å². The molecule has 0 amide bonds. The van der Waals surface area contributed by atoms with Crippen molar-refractivity contribution in [1.82, 2.24) is 0 Å². The number of methoxy groups -OCH3 is 1. The lowest BCUT2D eigenvalue weighted by Gasteiger charge is -2.37. The molecule has 1 spiro atoms. The van der Waals surface area contributed by atoms with E-state index in [2.05, 4.69) is 41.3 Å². The molecule has 3 aliphatic heterocycles. The Morgan fingerprint density at radius 2 is 2.10 bits per heavy atom. The van der Waals surface area contributed by atoms with Crippen LogP contribution in [-0.4, -0.2) is 31.4 Å². The van der Waals surface area contributed by atoms with Crippen LogP contribution in [0.3, 0.4) is 0 Å². The predicted molar refractivity (Wildman–Crippen MR) is 81.7 cm³/mol. The molecule has 1 aromatic rings. The zero-order valence-corrected chi connectivity index (χ0v) is 12.4. The van der Waals surface area contributed by atoms with Crippen molar-refractivity contribution in [1.29, 1.82) is 0 Å². The Balaban J connectivity index is 1.53. The Morgan fingerprint density at radius 3 is 2.90 bits per heavy atom. The third-order valence-electron chi connectivity index (χ3n) is 6.04. The standard InChI is InChI=1S/C18H21NO2/c1-20-13-7-5-12(6-8-13)19-11-18-10-9-16(21-18)14-3-2-4-15(19)17(14)18/h5-10,14-17H,2-4,11H2,1H3/t14?,15?,16-,17?,18-/m1/s1. The van der Waals surface area contributed by atoms with Gasteiger partial charge in [0.05, 0.1) is 19.8 Å². The van der Waals surface area contributed by atoms with Crippen molar-refractivity contribution in [2.75, 3.05) is 18.6 Å². The summed E-state index contributed by atoms with van der Waals surface area (Å²) in [5.41, 5.74) is 1.31. The highest BCUT2D eigenvalue weighted by Crippen LogP contribution is 2.58. The van der Waals surface area contributed by atoms with Gasteiger partial charge in [-0.2, -0.15) is 0 Å². The van der Waals surface area contributed by atoms with E-state index in [0.717, 1.165) is 18.2 Å². The van der Waals surface area contributed by atoms with E-state index in [1.807, 2.05) is 0 Å². The molecule has 4 aliphatic rings. The normalized spacial score (nSPS) is 42.4. The van der Waals surface area contributed by atoms with Crippen molar-refractivity contribution in [2.24, 2.45) is 11.8 Å². The highest BCUT2D eigenvalue weighted by atomic mass is 16.5. The second-order valence-corrected chi connectivity index (χ2v) is 6.91. The molecular weight excluding hydrogens is 262 g/mol. The molecule has 21 heavy (non-hydrogen) atoms. The van der Waals surface area contributed by atoms with Gasteiger partial charge in [-0.3, -0.25) is 0 Å². The Morgan fingerprint density at radius 1 is 1.24 bits per heavy atom. The largest absolute Gasteiger partial charge is 0.497 e. The van der Waals surface area contributed by atoms with Gasteiger partial charge in [-0.05, 0) is 43.0 Å². The lowest BCUT2D eigenvalue weighted by molar-refractivity contribution is 0.0319. The smallest absolute Gasteiger partial charge is 0.119 e. The van der Waals surface area contributed by atoms with Gasteiger partial charge in [0.1, 0.15) is 11.4 Å². The molecule has 2 bridgehead atoms. The number of hydrogen-bond donors (Lipinski definition) is 0. The zero-order chi connectivity index (χ0) is 14.0. The average Bonchev–Trinajstić information content (AvgIpc) is 3.20. The molecular formula is C18H21NO2. The maximum atomic E-state index is 6.42. The van der Waals surface area contributed by atoms with Gasteiger partial charge in [-0.25, -0.2) is 0 Å². The summed E-state index contributed by atoms with van der Waals surface area (Å²) >= 11 is 0. The van der Waals surface area contributed by atoms with E-state index in [1.165, 1.54) is 24.9 Å². The van der Waals surface area contributed by atoms with Crippen molar-refractivity contribution < 1.29 is 9.47 Å². The second-order valence-electron chi connectivity index (χ2n) is 6.91. The van der Waals surface area contributed by atoms with Gasteiger partial charge in [0.25, 0.3) is 0 Å². The monoisotopic (exact) mass is 283 g/mol. The molecule has 1 aromatic carbocycles. The van der Waals surface area contributed by atoms with Gasteiger partial charge in [0.2, 0.25) is 0 Å². The first-order valence-corrected chi connectivity index (χ1v) is 8.09. The maximum Gasteiger partial charge on any atom is 0.119 e.